The normalized spacial score (nSPS) is 11.4. The molecule has 3 heterocycles. The summed E-state index contributed by atoms with van der Waals surface area (Å²) in [4.78, 5) is 8.37. The molecule has 0 saturated heterocycles. The Morgan fingerprint density at radius 3 is 2.52 bits per heavy atom. The van der Waals surface area contributed by atoms with Gasteiger partial charge in [0.1, 0.15) is 16.3 Å². The van der Waals surface area contributed by atoms with Crippen LogP contribution >= 0.6 is 11.3 Å². The Balaban J connectivity index is 1.49. The minimum absolute atomic E-state index is 0.260. The molecule has 0 aliphatic rings. The van der Waals surface area contributed by atoms with Crippen LogP contribution in [0.1, 0.15) is 11.4 Å². The Bertz CT molecular complexity index is 1230. The van der Waals surface area contributed by atoms with Crippen LogP contribution < -0.4 is 9.46 Å². The van der Waals surface area contributed by atoms with Gasteiger partial charge in [0.2, 0.25) is 5.88 Å². The van der Waals surface area contributed by atoms with Crippen LogP contribution in [0.4, 0.5) is 5.69 Å². The van der Waals surface area contributed by atoms with Crippen molar-refractivity contribution >= 4 is 27.0 Å². The van der Waals surface area contributed by atoms with Gasteiger partial charge in [-0.2, -0.15) is 5.10 Å². The van der Waals surface area contributed by atoms with Crippen LogP contribution in [-0.4, -0.2) is 28.2 Å². The molecular weight excluding hydrogens is 410 g/mol. The molecule has 0 aliphatic carbocycles. The quantitative estimate of drug-likeness (QED) is 0.500. The predicted molar refractivity (Wildman–Crippen MR) is 110 cm³/mol. The van der Waals surface area contributed by atoms with Crippen LogP contribution in [0, 0.1) is 13.8 Å². The molecule has 10 heteroatoms. The first-order valence-electron chi connectivity index (χ1n) is 8.61. The van der Waals surface area contributed by atoms with Gasteiger partial charge in [-0.05, 0) is 55.6 Å². The lowest BCUT2D eigenvalue weighted by Crippen LogP contribution is -2.11. The first kappa shape index (κ1) is 19.1. The zero-order valence-electron chi connectivity index (χ0n) is 15.6. The van der Waals surface area contributed by atoms with Crippen molar-refractivity contribution in [3.05, 3.63) is 71.6 Å². The number of hydrogen-bond donors (Lipinski definition) is 1. The second-order valence-corrected chi connectivity index (χ2v) is 9.07. The van der Waals surface area contributed by atoms with Gasteiger partial charge in [-0.25, -0.2) is 23.1 Å². The van der Waals surface area contributed by atoms with E-state index in [9.17, 15) is 8.42 Å². The third kappa shape index (κ3) is 4.28. The number of thiophene rings is 1. The fraction of sp³-hybridized carbons (Fsp3) is 0.105. The summed E-state index contributed by atoms with van der Waals surface area (Å²) in [5, 5.41) is 6.12. The summed E-state index contributed by atoms with van der Waals surface area (Å²) in [5.41, 5.74) is 2.29. The molecule has 8 nitrogen and oxygen atoms in total. The summed E-state index contributed by atoms with van der Waals surface area (Å²) in [6.07, 6.45) is 1.41. The number of nitrogens with zero attached hydrogens (tertiary/aromatic N) is 4. The summed E-state index contributed by atoms with van der Waals surface area (Å²) >= 11 is 1.16. The smallest absolute Gasteiger partial charge is 0.271 e. The number of benzene rings is 1. The Hall–Kier alpha value is -3.24. The molecule has 0 spiro atoms. The van der Waals surface area contributed by atoms with E-state index in [1.165, 1.54) is 6.33 Å². The van der Waals surface area contributed by atoms with Gasteiger partial charge in [0.25, 0.3) is 10.0 Å². The molecule has 4 rings (SSSR count). The van der Waals surface area contributed by atoms with Crippen LogP contribution in [0.25, 0.3) is 5.82 Å². The van der Waals surface area contributed by atoms with E-state index < -0.39 is 10.0 Å². The minimum atomic E-state index is -3.58. The highest BCUT2D eigenvalue weighted by molar-refractivity contribution is 7.94. The molecule has 0 radical (unpaired) electrons. The van der Waals surface area contributed by atoms with E-state index >= 15 is 0 Å². The van der Waals surface area contributed by atoms with Crippen LogP contribution in [0.3, 0.4) is 0 Å². The van der Waals surface area contributed by atoms with Crippen molar-refractivity contribution in [2.75, 3.05) is 4.72 Å². The molecular formula is C19H17N5O3S2. The van der Waals surface area contributed by atoms with E-state index in [0.717, 1.165) is 22.7 Å². The van der Waals surface area contributed by atoms with E-state index in [4.69, 9.17) is 4.74 Å². The Morgan fingerprint density at radius 2 is 1.86 bits per heavy atom. The predicted octanol–water partition coefficient (Wildman–Crippen LogP) is 3.93. The molecule has 0 amide bonds. The van der Waals surface area contributed by atoms with E-state index in [2.05, 4.69) is 19.8 Å². The fourth-order valence-corrected chi connectivity index (χ4v) is 4.75. The maximum Gasteiger partial charge on any atom is 0.271 e. The highest BCUT2D eigenvalue weighted by atomic mass is 32.2. The number of aryl methyl sites for hydroxylation is 2. The van der Waals surface area contributed by atoms with Gasteiger partial charge in [0.05, 0.1) is 5.69 Å². The Labute approximate surface area is 171 Å². The zero-order chi connectivity index (χ0) is 20.4. The molecule has 4 aromatic rings. The minimum Gasteiger partial charge on any atom is -0.439 e. The van der Waals surface area contributed by atoms with Gasteiger partial charge in [0, 0.05) is 17.4 Å². The molecule has 0 atom stereocenters. The van der Waals surface area contributed by atoms with E-state index in [-0.39, 0.29) is 4.21 Å². The molecule has 0 fully saturated rings. The number of ether oxygens (including phenoxy) is 1. The number of nitrogens with one attached hydrogen (secondary N) is 1. The lowest BCUT2D eigenvalue weighted by molar-refractivity contribution is 0.460. The van der Waals surface area contributed by atoms with Crippen molar-refractivity contribution < 1.29 is 13.2 Å². The summed E-state index contributed by atoms with van der Waals surface area (Å²) in [5.74, 6) is 1.47. The van der Waals surface area contributed by atoms with Crippen molar-refractivity contribution in [1.82, 2.24) is 19.7 Å². The highest BCUT2D eigenvalue weighted by Crippen LogP contribution is 2.25. The van der Waals surface area contributed by atoms with Crippen LogP contribution in [0.5, 0.6) is 11.6 Å². The summed E-state index contributed by atoms with van der Waals surface area (Å²) in [6.45, 7) is 3.86. The van der Waals surface area contributed by atoms with Crippen LogP contribution in [0.15, 0.2) is 64.4 Å². The van der Waals surface area contributed by atoms with Crippen molar-refractivity contribution in [3.8, 4) is 17.4 Å². The number of aromatic nitrogens is 4. The van der Waals surface area contributed by atoms with Crippen LogP contribution in [0.2, 0.25) is 0 Å². The first-order valence-corrected chi connectivity index (χ1v) is 11.0. The van der Waals surface area contributed by atoms with Gasteiger partial charge in [-0.15, -0.1) is 11.3 Å². The molecule has 1 N–H and O–H groups in total. The summed E-state index contributed by atoms with van der Waals surface area (Å²) in [7, 11) is -3.58. The van der Waals surface area contributed by atoms with Crippen molar-refractivity contribution in [2.24, 2.45) is 0 Å². The van der Waals surface area contributed by atoms with Crippen molar-refractivity contribution in [3.63, 3.8) is 0 Å². The molecule has 148 valence electrons. The van der Waals surface area contributed by atoms with E-state index in [1.54, 1.807) is 52.5 Å². The van der Waals surface area contributed by atoms with Gasteiger partial charge in [-0.1, -0.05) is 6.07 Å². The van der Waals surface area contributed by atoms with Crippen LogP contribution in [-0.2, 0) is 10.0 Å². The number of hydrogen-bond acceptors (Lipinski definition) is 7. The standard InChI is InChI=1S/C19H17N5O3S2/c1-13-10-14(2)24(22-13)17-11-18(21-12-20-17)27-16-7-5-15(6-8-16)23-29(25,26)19-4-3-9-28-19/h3-12,23H,1-2H3. The number of rotatable bonds is 6. The Kier molecular flexibility index (Phi) is 5.03. The van der Waals surface area contributed by atoms with Gasteiger partial charge in [-0.3, -0.25) is 4.72 Å². The molecule has 29 heavy (non-hydrogen) atoms. The second-order valence-electron chi connectivity index (χ2n) is 6.22. The molecule has 0 unspecified atom stereocenters. The van der Waals surface area contributed by atoms with Crippen molar-refractivity contribution in [2.45, 2.75) is 18.1 Å². The summed E-state index contributed by atoms with van der Waals surface area (Å²) < 4.78 is 34.9. The molecule has 0 saturated carbocycles. The molecule has 0 aliphatic heterocycles. The average Bonchev–Trinajstić information content (AvgIpc) is 3.34. The lowest BCUT2D eigenvalue weighted by Gasteiger charge is -2.09. The van der Waals surface area contributed by atoms with Gasteiger partial charge >= 0.3 is 0 Å². The molecule has 3 aromatic heterocycles. The monoisotopic (exact) mass is 427 g/mol. The number of anilines is 1. The van der Waals surface area contributed by atoms with E-state index in [0.29, 0.717) is 23.1 Å². The van der Waals surface area contributed by atoms with Gasteiger partial charge in [0.15, 0.2) is 5.82 Å². The maximum absolute atomic E-state index is 12.3. The van der Waals surface area contributed by atoms with E-state index in [1.807, 2.05) is 19.9 Å². The zero-order valence-corrected chi connectivity index (χ0v) is 17.2. The Morgan fingerprint density at radius 1 is 1.07 bits per heavy atom. The molecule has 0 bridgehead atoms. The van der Waals surface area contributed by atoms with Gasteiger partial charge < -0.3 is 4.74 Å². The maximum atomic E-state index is 12.3. The van der Waals surface area contributed by atoms with Crippen molar-refractivity contribution in [1.29, 1.82) is 0 Å². The fourth-order valence-electron chi connectivity index (χ4n) is 2.70. The largest absolute Gasteiger partial charge is 0.439 e. The molecule has 1 aromatic carbocycles. The SMILES string of the molecule is Cc1cc(C)n(-c2cc(Oc3ccc(NS(=O)(=O)c4cccs4)cc3)ncn2)n1. The lowest BCUT2D eigenvalue weighted by atomic mass is 10.3. The third-order valence-electron chi connectivity index (χ3n) is 3.94. The average molecular weight is 428 g/mol. The second kappa shape index (κ2) is 7.64. The summed E-state index contributed by atoms with van der Waals surface area (Å²) in [6, 6.07) is 13.5. The third-order valence-corrected chi connectivity index (χ3v) is 6.72. The number of sulfonamides is 1. The topological polar surface area (TPSA) is 99.0 Å². The highest BCUT2D eigenvalue weighted by Gasteiger charge is 2.15. The first-order chi connectivity index (χ1) is 13.9.